The third-order valence-electron chi connectivity index (χ3n) is 3.92. The zero-order valence-corrected chi connectivity index (χ0v) is 11.8. The van der Waals surface area contributed by atoms with Crippen LogP contribution in [0, 0.1) is 11.8 Å². The Labute approximate surface area is 110 Å². The van der Waals surface area contributed by atoms with Crippen LogP contribution in [0.1, 0.15) is 58.3 Å². The van der Waals surface area contributed by atoms with Gasteiger partial charge in [0.15, 0.2) is 0 Å². The van der Waals surface area contributed by atoms with Gasteiger partial charge in [0.2, 0.25) is 5.91 Å². The Bertz CT molecular complexity index is 212. The summed E-state index contributed by atoms with van der Waals surface area (Å²) in [6.45, 7) is 3.17. The third-order valence-corrected chi connectivity index (χ3v) is 4.19. The molecule has 2 nitrogen and oxygen atoms in total. The average molecular weight is 260 g/mol. The van der Waals surface area contributed by atoms with Crippen molar-refractivity contribution in [2.75, 3.05) is 12.4 Å². The maximum atomic E-state index is 11.5. The Morgan fingerprint density at radius 1 is 1.18 bits per heavy atom. The van der Waals surface area contributed by atoms with Crippen molar-refractivity contribution in [2.24, 2.45) is 11.8 Å². The van der Waals surface area contributed by atoms with E-state index in [1.165, 1.54) is 32.1 Å². The molecule has 0 radical (unpaired) electrons. The molecule has 1 aliphatic carbocycles. The van der Waals surface area contributed by atoms with Crippen molar-refractivity contribution in [3.8, 4) is 0 Å². The van der Waals surface area contributed by atoms with E-state index in [-0.39, 0.29) is 5.91 Å². The van der Waals surface area contributed by atoms with Crippen molar-refractivity contribution >= 4 is 17.5 Å². The van der Waals surface area contributed by atoms with Crippen LogP contribution in [0.25, 0.3) is 0 Å². The molecule has 0 aromatic rings. The van der Waals surface area contributed by atoms with Gasteiger partial charge in [-0.25, -0.2) is 0 Å². The lowest BCUT2D eigenvalue weighted by Gasteiger charge is -2.27. The first-order valence-electron chi connectivity index (χ1n) is 7.09. The Kier molecular flexibility index (Phi) is 7.67. The van der Waals surface area contributed by atoms with Gasteiger partial charge in [-0.1, -0.05) is 26.2 Å². The van der Waals surface area contributed by atoms with Crippen molar-refractivity contribution in [1.82, 2.24) is 5.32 Å². The van der Waals surface area contributed by atoms with E-state index in [1.54, 1.807) is 0 Å². The fourth-order valence-electron chi connectivity index (χ4n) is 2.57. The molecular formula is C14H26ClNO. The van der Waals surface area contributed by atoms with Gasteiger partial charge in [0.1, 0.15) is 0 Å². The van der Waals surface area contributed by atoms with Crippen LogP contribution in [-0.2, 0) is 4.79 Å². The van der Waals surface area contributed by atoms with Crippen LogP contribution in [0.3, 0.4) is 0 Å². The summed E-state index contributed by atoms with van der Waals surface area (Å²) in [6.07, 6.45) is 9.09. The van der Waals surface area contributed by atoms with Gasteiger partial charge in [-0.2, -0.15) is 0 Å². The summed E-state index contributed by atoms with van der Waals surface area (Å²) in [4.78, 5) is 11.5. The highest BCUT2D eigenvalue weighted by molar-refractivity contribution is 6.17. The fraction of sp³-hybridized carbons (Fsp3) is 0.929. The highest BCUT2D eigenvalue weighted by Gasteiger charge is 2.20. The minimum atomic E-state index is 0.202. The van der Waals surface area contributed by atoms with Crippen LogP contribution in [0.4, 0.5) is 0 Å². The van der Waals surface area contributed by atoms with Crippen molar-refractivity contribution in [1.29, 1.82) is 0 Å². The molecule has 1 fully saturated rings. The molecule has 1 aliphatic rings. The predicted octanol–water partition coefficient (Wildman–Crippen LogP) is 3.73. The second-order valence-corrected chi connectivity index (χ2v) is 5.62. The lowest BCUT2D eigenvalue weighted by atomic mass is 9.81. The van der Waals surface area contributed by atoms with E-state index >= 15 is 0 Å². The van der Waals surface area contributed by atoms with Crippen LogP contribution in [-0.4, -0.2) is 18.3 Å². The zero-order chi connectivity index (χ0) is 12.5. The number of amides is 1. The van der Waals surface area contributed by atoms with E-state index in [0.29, 0.717) is 12.3 Å². The third kappa shape index (κ3) is 6.30. The Morgan fingerprint density at radius 3 is 2.41 bits per heavy atom. The minimum absolute atomic E-state index is 0.202. The van der Waals surface area contributed by atoms with Gasteiger partial charge in [0, 0.05) is 18.8 Å². The number of nitrogens with one attached hydrogen (secondary N) is 1. The molecule has 0 saturated heterocycles. The second kappa shape index (κ2) is 8.79. The molecule has 0 heterocycles. The number of carbonyl (C=O) groups is 1. The number of hydrogen-bond acceptors (Lipinski definition) is 1. The molecular weight excluding hydrogens is 234 g/mol. The molecule has 1 rings (SSSR count). The standard InChI is InChI=1S/C14H26ClNO/c1-2-12-6-8-13(9-7-12)11-16-14(17)5-3-4-10-15/h12-13H,2-11H2,1H3,(H,16,17). The molecule has 1 saturated carbocycles. The topological polar surface area (TPSA) is 29.1 Å². The molecule has 100 valence electrons. The maximum absolute atomic E-state index is 11.5. The van der Waals surface area contributed by atoms with Gasteiger partial charge < -0.3 is 5.32 Å². The van der Waals surface area contributed by atoms with E-state index in [4.69, 9.17) is 11.6 Å². The van der Waals surface area contributed by atoms with E-state index in [9.17, 15) is 4.79 Å². The average Bonchev–Trinajstić information content (AvgIpc) is 2.37. The van der Waals surface area contributed by atoms with Gasteiger partial charge in [-0.05, 0) is 37.5 Å². The van der Waals surface area contributed by atoms with Crippen LogP contribution >= 0.6 is 11.6 Å². The quantitative estimate of drug-likeness (QED) is 0.548. The summed E-state index contributed by atoms with van der Waals surface area (Å²) in [6, 6.07) is 0. The first-order valence-corrected chi connectivity index (χ1v) is 7.62. The van der Waals surface area contributed by atoms with E-state index in [0.717, 1.165) is 31.2 Å². The SMILES string of the molecule is CCC1CCC(CNC(=O)CCCCCl)CC1. The lowest BCUT2D eigenvalue weighted by molar-refractivity contribution is -0.121. The zero-order valence-electron chi connectivity index (χ0n) is 11.0. The molecule has 0 aromatic carbocycles. The highest BCUT2D eigenvalue weighted by atomic mass is 35.5. The fourth-order valence-corrected chi connectivity index (χ4v) is 2.76. The molecule has 3 heteroatoms. The van der Waals surface area contributed by atoms with Crippen molar-refractivity contribution in [2.45, 2.75) is 58.3 Å². The summed E-state index contributed by atoms with van der Waals surface area (Å²) < 4.78 is 0. The summed E-state index contributed by atoms with van der Waals surface area (Å²) in [5.41, 5.74) is 0. The molecule has 1 amide bonds. The van der Waals surface area contributed by atoms with Crippen molar-refractivity contribution < 1.29 is 4.79 Å². The number of carbonyl (C=O) groups excluding carboxylic acids is 1. The largest absolute Gasteiger partial charge is 0.356 e. The van der Waals surface area contributed by atoms with Crippen LogP contribution < -0.4 is 5.32 Å². The van der Waals surface area contributed by atoms with Crippen molar-refractivity contribution in [3.05, 3.63) is 0 Å². The van der Waals surface area contributed by atoms with Crippen molar-refractivity contribution in [3.63, 3.8) is 0 Å². The molecule has 0 aliphatic heterocycles. The first kappa shape index (κ1) is 14.8. The highest BCUT2D eigenvalue weighted by Crippen LogP contribution is 2.30. The minimum Gasteiger partial charge on any atom is -0.356 e. The summed E-state index contributed by atoms with van der Waals surface area (Å²) in [7, 11) is 0. The molecule has 0 bridgehead atoms. The Balaban J connectivity index is 2.04. The van der Waals surface area contributed by atoms with Crippen LogP contribution in [0.2, 0.25) is 0 Å². The van der Waals surface area contributed by atoms with Gasteiger partial charge >= 0.3 is 0 Å². The lowest BCUT2D eigenvalue weighted by Crippen LogP contribution is -2.31. The maximum Gasteiger partial charge on any atom is 0.220 e. The van der Waals surface area contributed by atoms with Gasteiger partial charge in [-0.3, -0.25) is 4.79 Å². The number of unbranched alkanes of at least 4 members (excludes halogenated alkanes) is 1. The summed E-state index contributed by atoms with van der Waals surface area (Å²) in [5, 5.41) is 3.06. The van der Waals surface area contributed by atoms with Gasteiger partial charge in [0.25, 0.3) is 0 Å². The van der Waals surface area contributed by atoms with Gasteiger partial charge in [-0.15, -0.1) is 11.6 Å². The molecule has 17 heavy (non-hydrogen) atoms. The molecule has 0 unspecified atom stereocenters. The number of rotatable bonds is 7. The summed E-state index contributed by atoms with van der Waals surface area (Å²) in [5.74, 6) is 2.52. The smallest absolute Gasteiger partial charge is 0.220 e. The number of alkyl halides is 1. The number of halogens is 1. The normalized spacial score (nSPS) is 24.6. The Hall–Kier alpha value is -0.240. The molecule has 0 atom stereocenters. The van der Waals surface area contributed by atoms with E-state index in [1.807, 2.05) is 0 Å². The summed E-state index contributed by atoms with van der Waals surface area (Å²) >= 11 is 5.58. The van der Waals surface area contributed by atoms with E-state index < -0.39 is 0 Å². The van der Waals surface area contributed by atoms with Crippen LogP contribution in [0.15, 0.2) is 0 Å². The number of hydrogen-bond donors (Lipinski definition) is 1. The monoisotopic (exact) mass is 259 g/mol. The predicted molar refractivity (Wildman–Crippen MR) is 73.3 cm³/mol. The van der Waals surface area contributed by atoms with Crippen LogP contribution in [0.5, 0.6) is 0 Å². The molecule has 0 spiro atoms. The van der Waals surface area contributed by atoms with Gasteiger partial charge in [0.05, 0.1) is 0 Å². The molecule has 1 N–H and O–H groups in total. The van der Waals surface area contributed by atoms with E-state index in [2.05, 4.69) is 12.2 Å². The second-order valence-electron chi connectivity index (χ2n) is 5.25. The Morgan fingerprint density at radius 2 is 1.82 bits per heavy atom. The molecule has 0 aromatic heterocycles. The first-order chi connectivity index (χ1) is 8.26.